The van der Waals surface area contributed by atoms with Gasteiger partial charge in [-0.05, 0) is 49.4 Å². The number of carbonyl (C=O) groups excluding carboxylic acids is 1. The number of ether oxygens (including phenoxy) is 2. The van der Waals surface area contributed by atoms with Crippen molar-refractivity contribution in [1.29, 1.82) is 5.26 Å². The number of nitriles is 1. The molecule has 1 atom stereocenters. The second-order valence-electron chi connectivity index (χ2n) is 5.60. The fourth-order valence-corrected chi connectivity index (χ4v) is 3.24. The Morgan fingerprint density at radius 2 is 1.88 bits per heavy atom. The van der Waals surface area contributed by atoms with Gasteiger partial charge in [-0.2, -0.15) is 5.26 Å². The number of anilines is 1. The van der Waals surface area contributed by atoms with E-state index in [-0.39, 0.29) is 11.2 Å². The maximum atomic E-state index is 12.4. The highest BCUT2D eigenvalue weighted by atomic mass is 32.2. The summed E-state index contributed by atoms with van der Waals surface area (Å²) in [5, 5.41) is 11.4. The topological polar surface area (TPSA) is 71.3 Å². The Hall–Kier alpha value is -2.65. The second kappa shape index (κ2) is 7.95. The quantitative estimate of drug-likeness (QED) is 0.845. The standard InChI is InChI=1S/C19H18N2O3S/c1-13(19(22)21-15-5-3-14(12-20)4-6-15)25-16-7-8-17-18(11-16)24-10-2-9-23-17/h3-8,11,13H,2,9-10H2,1H3,(H,21,22)/t13-/m1/s1. The van der Waals surface area contributed by atoms with Crippen molar-refractivity contribution in [3.63, 3.8) is 0 Å². The Bertz CT molecular complexity index is 799. The summed E-state index contributed by atoms with van der Waals surface area (Å²) >= 11 is 1.46. The molecule has 3 rings (SSSR count). The summed E-state index contributed by atoms with van der Waals surface area (Å²) in [6.07, 6.45) is 0.862. The molecule has 128 valence electrons. The zero-order valence-electron chi connectivity index (χ0n) is 13.8. The summed E-state index contributed by atoms with van der Waals surface area (Å²) in [5.74, 6) is 1.38. The summed E-state index contributed by atoms with van der Waals surface area (Å²) in [6.45, 7) is 3.14. The van der Waals surface area contributed by atoms with Crippen molar-refractivity contribution < 1.29 is 14.3 Å². The van der Waals surface area contributed by atoms with Crippen LogP contribution >= 0.6 is 11.8 Å². The Balaban J connectivity index is 1.63. The largest absolute Gasteiger partial charge is 0.490 e. The molecule has 0 aromatic heterocycles. The number of benzene rings is 2. The van der Waals surface area contributed by atoms with E-state index in [9.17, 15) is 4.79 Å². The van der Waals surface area contributed by atoms with Crippen LogP contribution in [0.25, 0.3) is 0 Å². The van der Waals surface area contributed by atoms with Crippen molar-refractivity contribution >= 4 is 23.4 Å². The Morgan fingerprint density at radius 3 is 2.60 bits per heavy atom. The molecule has 0 unspecified atom stereocenters. The van der Waals surface area contributed by atoms with Gasteiger partial charge in [0.15, 0.2) is 11.5 Å². The SMILES string of the molecule is C[C@@H](Sc1ccc2c(c1)OCCCO2)C(=O)Nc1ccc(C#N)cc1. The number of hydrogen-bond acceptors (Lipinski definition) is 5. The minimum atomic E-state index is -0.277. The highest BCUT2D eigenvalue weighted by molar-refractivity contribution is 8.00. The molecule has 1 aliphatic rings. The van der Waals surface area contributed by atoms with E-state index in [1.807, 2.05) is 25.1 Å². The van der Waals surface area contributed by atoms with Gasteiger partial charge in [0.25, 0.3) is 0 Å². The number of fused-ring (bicyclic) bond motifs is 1. The molecule has 0 radical (unpaired) electrons. The van der Waals surface area contributed by atoms with Crippen molar-refractivity contribution in [2.24, 2.45) is 0 Å². The van der Waals surface area contributed by atoms with Gasteiger partial charge in [-0.25, -0.2) is 0 Å². The lowest BCUT2D eigenvalue weighted by atomic mass is 10.2. The summed E-state index contributed by atoms with van der Waals surface area (Å²) in [6, 6.07) is 14.6. The monoisotopic (exact) mass is 354 g/mol. The lowest BCUT2D eigenvalue weighted by Crippen LogP contribution is -2.22. The molecule has 1 heterocycles. The number of carbonyl (C=O) groups is 1. The minimum Gasteiger partial charge on any atom is -0.490 e. The van der Waals surface area contributed by atoms with Gasteiger partial charge in [0, 0.05) is 17.0 Å². The molecule has 0 saturated carbocycles. The van der Waals surface area contributed by atoms with Crippen molar-refractivity contribution in [1.82, 2.24) is 0 Å². The molecule has 0 spiro atoms. The van der Waals surface area contributed by atoms with E-state index in [0.29, 0.717) is 24.5 Å². The lowest BCUT2D eigenvalue weighted by molar-refractivity contribution is -0.115. The van der Waals surface area contributed by atoms with E-state index in [4.69, 9.17) is 14.7 Å². The second-order valence-corrected chi connectivity index (χ2v) is 7.01. The molecule has 1 aliphatic heterocycles. The molecule has 5 nitrogen and oxygen atoms in total. The highest BCUT2D eigenvalue weighted by Gasteiger charge is 2.17. The van der Waals surface area contributed by atoms with Gasteiger partial charge < -0.3 is 14.8 Å². The van der Waals surface area contributed by atoms with Gasteiger partial charge >= 0.3 is 0 Å². The molecule has 0 saturated heterocycles. The number of hydrogen-bond donors (Lipinski definition) is 1. The van der Waals surface area contributed by atoms with Crippen LogP contribution in [0.2, 0.25) is 0 Å². The first kappa shape index (κ1) is 17.2. The zero-order chi connectivity index (χ0) is 17.6. The number of nitrogens with zero attached hydrogens (tertiary/aromatic N) is 1. The molecular weight excluding hydrogens is 336 g/mol. The van der Waals surface area contributed by atoms with Crippen LogP contribution in [0.1, 0.15) is 18.9 Å². The smallest absolute Gasteiger partial charge is 0.237 e. The van der Waals surface area contributed by atoms with Crippen LogP contribution in [0.15, 0.2) is 47.4 Å². The van der Waals surface area contributed by atoms with Crippen molar-refractivity contribution in [3.05, 3.63) is 48.0 Å². The van der Waals surface area contributed by atoms with Crippen molar-refractivity contribution in [2.75, 3.05) is 18.5 Å². The molecule has 2 aromatic rings. The molecule has 0 fully saturated rings. The van der Waals surface area contributed by atoms with Gasteiger partial charge in [-0.1, -0.05) is 0 Å². The predicted molar refractivity (Wildman–Crippen MR) is 97.2 cm³/mol. The molecule has 2 aromatic carbocycles. The maximum Gasteiger partial charge on any atom is 0.237 e. The number of thioether (sulfide) groups is 1. The summed E-state index contributed by atoms with van der Waals surface area (Å²) < 4.78 is 11.3. The molecular formula is C19H18N2O3S. The molecule has 6 heteroatoms. The van der Waals surface area contributed by atoms with E-state index >= 15 is 0 Å². The number of amides is 1. The van der Waals surface area contributed by atoms with E-state index < -0.39 is 0 Å². The van der Waals surface area contributed by atoms with Gasteiger partial charge in [-0.15, -0.1) is 11.8 Å². The van der Waals surface area contributed by atoms with Gasteiger partial charge in [0.1, 0.15) is 0 Å². The molecule has 0 bridgehead atoms. The van der Waals surface area contributed by atoms with Gasteiger partial charge in [0.2, 0.25) is 5.91 Å². The van der Waals surface area contributed by atoms with E-state index in [2.05, 4.69) is 11.4 Å². The third-order valence-electron chi connectivity index (χ3n) is 3.68. The van der Waals surface area contributed by atoms with Crippen LogP contribution in [0.4, 0.5) is 5.69 Å². The van der Waals surface area contributed by atoms with Gasteiger partial charge in [-0.3, -0.25) is 4.79 Å². The van der Waals surface area contributed by atoms with E-state index in [0.717, 1.165) is 22.8 Å². The van der Waals surface area contributed by atoms with E-state index in [1.54, 1.807) is 24.3 Å². The van der Waals surface area contributed by atoms with Crippen LogP contribution in [-0.4, -0.2) is 24.4 Å². The minimum absolute atomic E-state index is 0.0955. The van der Waals surface area contributed by atoms with Crippen LogP contribution in [0.3, 0.4) is 0 Å². The van der Waals surface area contributed by atoms with Crippen LogP contribution in [0.5, 0.6) is 11.5 Å². The Morgan fingerprint density at radius 1 is 1.16 bits per heavy atom. The zero-order valence-corrected chi connectivity index (χ0v) is 14.6. The lowest BCUT2D eigenvalue weighted by Gasteiger charge is -2.14. The van der Waals surface area contributed by atoms with Crippen LogP contribution < -0.4 is 14.8 Å². The third kappa shape index (κ3) is 4.46. The predicted octanol–water partition coefficient (Wildman–Crippen LogP) is 3.84. The molecule has 0 aliphatic carbocycles. The molecule has 1 amide bonds. The van der Waals surface area contributed by atoms with Crippen molar-refractivity contribution in [2.45, 2.75) is 23.5 Å². The summed E-state index contributed by atoms with van der Waals surface area (Å²) in [7, 11) is 0. The van der Waals surface area contributed by atoms with Crippen LogP contribution in [-0.2, 0) is 4.79 Å². The average molecular weight is 354 g/mol. The average Bonchev–Trinajstić information content (AvgIpc) is 2.87. The fourth-order valence-electron chi connectivity index (χ4n) is 2.35. The van der Waals surface area contributed by atoms with Crippen molar-refractivity contribution in [3.8, 4) is 17.6 Å². The van der Waals surface area contributed by atoms with E-state index in [1.165, 1.54) is 11.8 Å². The summed E-state index contributed by atoms with van der Waals surface area (Å²) in [4.78, 5) is 13.3. The number of nitrogens with one attached hydrogen (secondary N) is 1. The molecule has 1 N–H and O–H groups in total. The maximum absolute atomic E-state index is 12.4. The first-order valence-electron chi connectivity index (χ1n) is 8.03. The normalized spacial score (nSPS) is 14.1. The third-order valence-corrected chi connectivity index (χ3v) is 4.78. The first-order chi connectivity index (χ1) is 12.2. The fraction of sp³-hybridized carbons (Fsp3) is 0.263. The molecule has 25 heavy (non-hydrogen) atoms. The number of rotatable bonds is 4. The van der Waals surface area contributed by atoms with Gasteiger partial charge in [0.05, 0.1) is 30.1 Å². The van der Waals surface area contributed by atoms with Crippen LogP contribution in [0, 0.1) is 11.3 Å². The summed E-state index contributed by atoms with van der Waals surface area (Å²) in [5.41, 5.74) is 1.24. The highest BCUT2D eigenvalue weighted by Crippen LogP contribution is 2.35. The first-order valence-corrected chi connectivity index (χ1v) is 8.91. The Labute approximate surface area is 150 Å². The Kier molecular flexibility index (Phi) is 5.46.